The Morgan fingerprint density at radius 3 is 2.48 bits per heavy atom. The highest BCUT2D eigenvalue weighted by molar-refractivity contribution is 8.00. The summed E-state index contributed by atoms with van der Waals surface area (Å²) in [5, 5.41) is 37.9. The molecule has 1 aromatic carbocycles. The van der Waals surface area contributed by atoms with Crippen LogP contribution in [0.2, 0.25) is 0 Å². The SMILES string of the molecule is C[C@@H]1CC[C@@]23CCC(=O)[C@H]2[C@]1(C)[C@H](OC(=O)CSc1cc(CO)ccc1CO)C[C@](C)(CNCCCNC(=O)OC(C)(C)C)[C@@H](O)[C@@H]3C. The average molecular weight is 691 g/mol. The summed E-state index contributed by atoms with van der Waals surface area (Å²) in [7, 11) is 0. The van der Waals surface area contributed by atoms with Crippen LogP contribution in [-0.2, 0) is 32.3 Å². The Hall–Kier alpha value is -2.18. The van der Waals surface area contributed by atoms with E-state index < -0.39 is 40.7 Å². The van der Waals surface area contributed by atoms with E-state index in [-0.39, 0.29) is 47.9 Å². The third-order valence-electron chi connectivity index (χ3n) is 11.7. The molecule has 3 saturated carbocycles. The lowest BCUT2D eigenvalue weighted by atomic mass is 9.44. The zero-order valence-corrected chi connectivity index (χ0v) is 30.7. The van der Waals surface area contributed by atoms with E-state index in [1.54, 1.807) is 18.2 Å². The molecule has 0 radical (unpaired) electrons. The standard InChI is InChI=1S/C37H58N2O8S/c1-23-11-13-37-14-12-27(42)31(37)36(23,7)29(46-30(43)21-48-28-17-25(19-40)9-10-26(28)20-41)18-35(6,32(44)24(37)2)22-38-15-8-16-39-33(45)47-34(3,4)5/h9-10,17,23-24,29,31-32,38,40-41,44H,8,11-16,18-22H2,1-7H3,(H,39,45)/t23-,24+,29-,31+,32+,35-,36+,37+/m1/s1. The number of hydrogen-bond acceptors (Lipinski definition) is 10. The second-order valence-corrected chi connectivity index (χ2v) is 17.0. The van der Waals surface area contributed by atoms with Crippen LogP contribution in [0.4, 0.5) is 4.79 Å². The first-order valence-corrected chi connectivity index (χ1v) is 18.5. The average Bonchev–Trinajstić information content (AvgIpc) is 3.38. The molecular weight excluding hydrogens is 632 g/mol. The molecule has 0 spiro atoms. The maximum atomic E-state index is 13.8. The first kappa shape index (κ1) is 38.6. The van der Waals surface area contributed by atoms with E-state index in [4.69, 9.17) is 9.47 Å². The smallest absolute Gasteiger partial charge is 0.407 e. The predicted molar refractivity (Wildman–Crippen MR) is 185 cm³/mol. The predicted octanol–water partition coefficient (Wildman–Crippen LogP) is 4.99. The molecule has 1 amide bonds. The fraction of sp³-hybridized carbons (Fsp3) is 0.757. The molecule has 10 nitrogen and oxygen atoms in total. The molecule has 2 bridgehead atoms. The Kier molecular flexibility index (Phi) is 12.4. The highest BCUT2D eigenvalue weighted by Gasteiger charge is 2.68. The zero-order valence-electron chi connectivity index (χ0n) is 29.9. The summed E-state index contributed by atoms with van der Waals surface area (Å²) in [5.41, 5.74) is -0.847. The molecule has 0 aromatic heterocycles. The minimum atomic E-state index is -0.736. The molecule has 4 rings (SSSR count). The molecule has 1 aromatic rings. The summed E-state index contributed by atoms with van der Waals surface area (Å²) in [4.78, 5) is 40.2. The lowest BCUT2D eigenvalue weighted by molar-refractivity contribution is -0.210. The van der Waals surface area contributed by atoms with Gasteiger partial charge in [-0.25, -0.2) is 4.79 Å². The Bertz CT molecular complexity index is 1320. The molecule has 0 unspecified atom stereocenters. The van der Waals surface area contributed by atoms with Gasteiger partial charge in [0, 0.05) is 41.2 Å². The number of nitrogens with one attached hydrogen (secondary N) is 2. The van der Waals surface area contributed by atoms with Crippen LogP contribution in [0.25, 0.3) is 0 Å². The molecule has 5 N–H and O–H groups in total. The molecule has 3 fully saturated rings. The van der Waals surface area contributed by atoms with Crippen LogP contribution in [0.5, 0.6) is 0 Å². The van der Waals surface area contributed by atoms with Gasteiger partial charge in [0.2, 0.25) is 0 Å². The number of ether oxygens (including phenoxy) is 2. The van der Waals surface area contributed by atoms with Crippen molar-refractivity contribution in [2.75, 3.05) is 25.4 Å². The first-order chi connectivity index (χ1) is 22.5. The fourth-order valence-electron chi connectivity index (χ4n) is 8.91. The Labute approximate surface area is 290 Å². The molecule has 3 aliphatic carbocycles. The van der Waals surface area contributed by atoms with Gasteiger partial charge < -0.3 is 35.4 Å². The number of benzene rings is 1. The number of aliphatic hydroxyl groups excluding tert-OH is 3. The maximum Gasteiger partial charge on any atom is 0.407 e. The van der Waals surface area contributed by atoms with Crippen LogP contribution in [0.15, 0.2) is 23.1 Å². The number of carbonyl (C=O) groups is 3. The second-order valence-electron chi connectivity index (χ2n) is 16.0. The minimum absolute atomic E-state index is 0.00513. The Morgan fingerprint density at radius 2 is 1.81 bits per heavy atom. The quantitative estimate of drug-likeness (QED) is 0.115. The minimum Gasteiger partial charge on any atom is -0.461 e. The largest absolute Gasteiger partial charge is 0.461 e. The van der Waals surface area contributed by atoms with Crippen LogP contribution in [0.1, 0.15) is 98.1 Å². The number of esters is 1. The highest BCUT2D eigenvalue weighted by atomic mass is 32.2. The lowest BCUT2D eigenvalue weighted by Gasteiger charge is -2.62. The monoisotopic (exact) mass is 690 g/mol. The maximum absolute atomic E-state index is 13.8. The molecule has 8 atom stereocenters. The van der Waals surface area contributed by atoms with E-state index in [0.717, 1.165) is 19.3 Å². The Morgan fingerprint density at radius 1 is 1.08 bits per heavy atom. The molecule has 0 saturated heterocycles. The van der Waals surface area contributed by atoms with Crippen molar-refractivity contribution in [1.82, 2.24) is 10.6 Å². The normalized spacial score (nSPS) is 33.4. The topological polar surface area (TPSA) is 154 Å². The van der Waals surface area contributed by atoms with Crippen molar-refractivity contribution in [3.8, 4) is 0 Å². The van der Waals surface area contributed by atoms with Gasteiger partial charge in [-0.3, -0.25) is 9.59 Å². The first-order valence-electron chi connectivity index (χ1n) is 17.5. The highest BCUT2D eigenvalue weighted by Crippen LogP contribution is 2.67. The number of thioether (sulfide) groups is 1. The van der Waals surface area contributed by atoms with Crippen molar-refractivity contribution in [2.45, 2.75) is 123 Å². The van der Waals surface area contributed by atoms with Gasteiger partial charge in [-0.15, -0.1) is 11.8 Å². The van der Waals surface area contributed by atoms with E-state index in [2.05, 4.69) is 38.3 Å². The van der Waals surface area contributed by atoms with Gasteiger partial charge in [0.1, 0.15) is 17.5 Å². The van der Waals surface area contributed by atoms with Crippen LogP contribution < -0.4 is 10.6 Å². The molecule has 0 aliphatic heterocycles. The van der Waals surface area contributed by atoms with Gasteiger partial charge in [0.15, 0.2) is 0 Å². The number of rotatable bonds is 12. The summed E-state index contributed by atoms with van der Waals surface area (Å²) in [6, 6.07) is 5.27. The van der Waals surface area contributed by atoms with Crippen LogP contribution in [0.3, 0.4) is 0 Å². The molecule has 3 aliphatic rings. The van der Waals surface area contributed by atoms with Gasteiger partial charge in [0.25, 0.3) is 0 Å². The molecule has 270 valence electrons. The Balaban J connectivity index is 1.55. The van der Waals surface area contributed by atoms with E-state index in [1.807, 2.05) is 20.8 Å². The second kappa shape index (κ2) is 15.4. The van der Waals surface area contributed by atoms with Crippen molar-refractivity contribution in [2.24, 2.45) is 34.0 Å². The lowest BCUT2D eigenvalue weighted by Crippen LogP contribution is -2.64. The van der Waals surface area contributed by atoms with E-state index >= 15 is 0 Å². The van der Waals surface area contributed by atoms with Gasteiger partial charge in [-0.1, -0.05) is 39.8 Å². The number of carbonyl (C=O) groups excluding carboxylic acids is 3. The summed E-state index contributed by atoms with van der Waals surface area (Å²) in [5.74, 6) is -0.488. The number of aliphatic hydroxyl groups is 3. The van der Waals surface area contributed by atoms with Crippen molar-refractivity contribution in [1.29, 1.82) is 0 Å². The van der Waals surface area contributed by atoms with E-state index in [0.29, 0.717) is 54.9 Å². The van der Waals surface area contributed by atoms with E-state index in [9.17, 15) is 29.7 Å². The fourth-order valence-corrected chi connectivity index (χ4v) is 9.81. The molecule has 0 heterocycles. The van der Waals surface area contributed by atoms with Crippen molar-refractivity contribution in [3.05, 3.63) is 29.3 Å². The number of hydrogen-bond donors (Lipinski definition) is 5. The third kappa shape index (κ3) is 8.06. The van der Waals surface area contributed by atoms with Crippen LogP contribution in [0, 0.1) is 34.0 Å². The number of Topliss-reactive ketones (excluding diaryl/α,β-unsaturated/α-hetero) is 1. The van der Waals surface area contributed by atoms with Crippen molar-refractivity contribution < 1.29 is 39.2 Å². The van der Waals surface area contributed by atoms with Gasteiger partial charge in [-0.2, -0.15) is 0 Å². The molecular formula is C37H58N2O8S. The number of ketones is 1. The van der Waals surface area contributed by atoms with Crippen molar-refractivity contribution in [3.63, 3.8) is 0 Å². The summed E-state index contributed by atoms with van der Waals surface area (Å²) in [6.45, 7) is 15.1. The van der Waals surface area contributed by atoms with Crippen LogP contribution in [-0.4, -0.2) is 76.4 Å². The van der Waals surface area contributed by atoms with Crippen molar-refractivity contribution >= 4 is 29.6 Å². The number of amides is 1. The third-order valence-corrected chi connectivity index (χ3v) is 12.8. The van der Waals surface area contributed by atoms with E-state index in [1.165, 1.54) is 11.8 Å². The van der Waals surface area contributed by atoms with Gasteiger partial charge >= 0.3 is 12.1 Å². The molecule has 11 heteroatoms. The van der Waals surface area contributed by atoms with Gasteiger partial charge in [-0.05, 0) is 93.9 Å². The molecule has 48 heavy (non-hydrogen) atoms. The van der Waals surface area contributed by atoms with Gasteiger partial charge in [0.05, 0.1) is 25.1 Å². The zero-order chi connectivity index (χ0) is 35.5. The summed E-state index contributed by atoms with van der Waals surface area (Å²) >= 11 is 1.26. The number of alkyl carbamates (subject to hydrolysis) is 1. The van der Waals surface area contributed by atoms with Crippen LogP contribution >= 0.6 is 11.8 Å². The summed E-state index contributed by atoms with van der Waals surface area (Å²) < 4.78 is 11.8. The summed E-state index contributed by atoms with van der Waals surface area (Å²) in [6.07, 6.45) is 2.23.